The van der Waals surface area contributed by atoms with Crippen molar-refractivity contribution < 1.29 is 18.0 Å². The van der Waals surface area contributed by atoms with Gasteiger partial charge in [0.05, 0.1) is 11.4 Å². The van der Waals surface area contributed by atoms with Crippen molar-refractivity contribution >= 4 is 21.8 Å². The van der Waals surface area contributed by atoms with Crippen molar-refractivity contribution in [2.75, 3.05) is 46.3 Å². The van der Waals surface area contributed by atoms with Crippen molar-refractivity contribution in [3.8, 4) is 0 Å². The van der Waals surface area contributed by atoms with Crippen LogP contribution in [0.2, 0.25) is 0 Å². The Morgan fingerprint density at radius 3 is 2.34 bits per heavy atom. The van der Waals surface area contributed by atoms with E-state index in [1.165, 1.54) is 16.4 Å². The molecule has 1 heterocycles. The number of benzene rings is 2. The summed E-state index contributed by atoms with van der Waals surface area (Å²) in [5.74, 6) is -0.685. The van der Waals surface area contributed by atoms with E-state index in [1.54, 1.807) is 17.0 Å². The molecule has 9 heteroatoms. The number of nitrogens with one attached hydrogen (secondary N) is 1. The summed E-state index contributed by atoms with van der Waals surface area (Å²) in [7, 11) is -1.72. The van der Waals surface area contributed by atoms with Crippen molar-refractivity contribution in [1.29, 1.82) is 0 Å². The first-order valence-corrected chi connectivity index (χ1v) is 12.1. The molecule has 0 bridgehead atoms. The second-order valence-electron chi connectivity index (χ2n) is 7.81. The summed E-state index contributed by atoms with van der Waals surface area (Å²) in [4.78, 5) is 29.0. The molecule has 32 heavy (non-hydrogen) atoms. The average molecular weight is 459 g/mol. The van der Waals surface area contributed by atoms with Crippen LogP contribution in [0.5, 0.6) is 0 Å². The molecule has 1 fully saturated rings. The van der Waals surface area contributed by atoms with Gasteiger partial charge in [0.1, 0.15) is 0 Å². The van der Waals surface area contributed by atoms with E-state index in [-0.39, 0.29) is 22.9 Å². The van der Waals surface area contributed by atoms with Gasteiger partial charge < -0.3 is 15.1 Å². The van der Waals surface area contributed by atoms with E-state index in [9.17, 15) is 18.0 Å². The number of hydrogen-bond acceptors (Lipinski definition) is 5. The Bertz CT molecular complexity index is 1030. The number of nitrogens with zero attached hydrogens (tertiary/aromatic N) is 3. The van der Waals surface area contributed by atoms with Crippen LogP contribution in [0.1, 0.15) is 22.8 Å². The zero-order chi connectivity index (χ0) is 23.1. The van der Waals surface area contributed by atoms with E-state index < -0.39 is 15.9 Å². The largest absolute Gasteiger partial charge is 0.343 e. The summed E-state index contributed by atoms with van der Waals surface area (Å²) in [6, 6.07) is 15.6. The quantitative estimate of drug-likeness (QED) is 0.646. The fourth-order valence-corrected chi connectivity index (χ4v) is 4.99. The number of carbonyl (C=O) groups is 2. The molecule has 3 rings (SSSR count). The van der Waals surface area contributed by atoms with Gasteiger partial charge in [0, 0.05) is 44.8 Å². The molecule has 0 saturated carbocycles. The molecular formula is C23H30N4O4S. The number of carbonyl (C=O) groups excluding carboxylic acids is 2. The number of amides is 2. The zero-order valence-corrected chi connectivity index (χ0v) is 19.3. The molecule has 2 amide bonds. The van der Waals surface area contributed by atoms with Gasteiger partial charge in [-0.25, -0.2) is 8.42 Å². The minimum Gasteiger partial charge on any atom is -0.343 e. The first kappa shape index (κ1) is 23.9. The van der Waals surface area contributed by atoms with Crippen LogP contribution >= 0.6 is 0 Å². The van der Waals surface area contributed by atoms with Gasteiger partial charge >= 0.3 is 0 Å². The Morgan fingerprint density at radius 1 is 1.00 bits per heavy atom. The Labute approximate surface area is 189 Å². The highest BCUT2D eigenvalue weighted by Gasteiger charge is 2.28. The van der Waals surface area contributed by atoms with Crippen LogP contribution in [-0.2, 0) is 21.4 Å². The topological polar surface area (TPSA) is 90.0 Å². The summed E-state index contributed by atoms with van der Waals surface area (Å²) in [5.41, 5.74) is 1.22. The number of hydrogen-bond donors (Lipinski definition) is 1. The standard InChI is InChI=1S/C23H30N4O4S/c1-3-26(18-19-8-5-4-6-9-19)22(28)17-24-23(29)20-10-7-11-21(16-20)32(30,31)27-14-12-25(2)13-15-27/h4-11,16H,3,12-15,17-18H2,1-2H3,(H,24,29). The van der Waals surface area contributed by atoms with Gasteiger partial charge in [0.25, 0.3) is 5.91 Å². The lowest BCUT2D eigenvalue weighted by atomic mass is 10.2. The Balaban J connectivity index is 1.62. The van der Waals surface area contributed by atoms with Gasteiger partial charge in [-0.2, -0.15) is 4.31 Å². The van der Waals surface area contributed by atoms with Gasteiger partial charge in [-0.3, -0.25) is 9.59 Å². The third-order valence-electron chi connectivity index (χ3n) is 5.55. The average Bonchev–Trinajstić information content (AvgIpc) is 2.81. The summed E-state index contributed by atoms with van der Waals surface area (Å²) in [5, 5.41) is 2.62. The zero-order valence-electron chi connectivity index (χ0n) is 18.5. The van der Waals surface area contributed by atoms with Crippen LogP contribution in [0.4, 0.5) is 0 Å². The van der Waals surface area contributed by atoms with Crippen LogP contribution in [0, 0.1) is 0 Å². The molecule has 8 nitrogen and oxygen atoms in total. The van der Waals surface area contributed by atoms with Gasteiger partial charge in [0.15, 0.2) is 0 Å². The molecule has 1 aliphatic heterocycles. The normalized spacial score (nSPS) is 15.3. The second-order valence-corrected chi connectivity index (χ2v) is 9.75. The molecule has 0 spiro atoms. The number of piperazine rings is 1. The van der Waals surface area contributed by atoms with Gasteiger partial charge in [-0.1, -0.05) is 36.4 Å². The molecule has 0 aliphatic carbocycles. The maximum absolute atomic E-state index is 13.0. The molecular weight excluding hydrogens is 428 g/mol. The molecule has 2 aromatic carbocycles. The predicted octanol–water partition coefficient (Wildman–Crippen LogP) is 1.40. The molecule has 0 unspecified atom stereocenters. The summed E-state index contributed by atoms with van der Waals surface area (Å²) < 4.78 is 27.3. The highest BCUT2D eigenvalue weighted by Crippen LogP contribution is 2.18. The number of sulfonamides is 1. The minimum absolute atomic E-state index is 0.0836. The summed E-state index contributed by atoms with van der Waals surface area (Å²) in [6.07, 6.45) is 0. The molecule has 1 N–H and O–H groups in total. The molecule has 1 saturated heterocycles. The van der Waals surface area contributed by atoms with Crippen molar-refractivity contribution in [1.82, 2.24) is 19.4 Å². The number of rotatable bonds is 8. The van der Waals surface area contributed by atoms with Crippen LogP contribution in [-0.4, -0.2) is 80.7 Å². The Morgan fingerprint density at radius 2 is 1.69 bits per heavy atom. The van der Waals surface area contributed by atoms with Gasteiger partial charge in [0.2, 0.25) is 15.9 Å². The van der Waals surface area contributed by atoms with E-state index in [0.29, 0.717) is 39.3 Å². The fourth-order valence-electron chi connectivity index (χ4n) is 3.53. The minimum atomic E-state index is -3.67. The maximum atomic E-state index is 13.0. The maximum Gasteiger partial charge on any atom is 0.251 e. The molecule has 0 atom stereocenters. The third-order valence-corrected chi connectivity index (χ3v) is 7.44. The fraction of sp³-hybridized carbons (Fsp3) is 0.391. The van der Waals surface area contributed by atoms with Gasteiger partial charge in [-0.05, 0) is 37.7 Å². The molecule has 0 aromatic heterocycles. The second kappa shape index (κ2) is 10.7. The van der Waals surface area contributed by atoms with Crippen LogP contribution < -0.4 is 5.32 Å². The summed E-state index contributed by atoms with van der Waals surface area (Å²) in [6.45, 7) is 4.87. The lowest BCUT2D eigenvalue weighted by molar-refractivity contribution is -0.130. The van der Waals surface area contributed by atoms with Crippen molar-refractivity contribution in [2.45, 2.75) is 18.4 Å². The van der Waals surface area contributed by atoms with Crippen LogP contribution in [0.25, 0.3) is 0 Å². The first-order valence-electron chi connectivity index (χ1n) is 10.7. The lowest BCUT2D eigenvalue weighted by Crippen LogP contribution is -2.47. The van der Waals surface area contributed by atoms with E-state index >= 15 is 0 Å². The van der Waals surface area contributed by atoms with Crippen molar-refractivity contribution in [2.24, 2.45) is 0 Å². The molecule has 1 aliphatic rings. The molecule has 172 valence electrons. The highest BCUT2D eigenvalue weighted by atomic mass is 32.2. The number of likely N-dealkylation sites (N-methyl/N-ethyl adjacent to an activating group) is 2. The summed E-state index contributed by atoms with van der Waals surface area (Å²) >= 11 is 0. The van der Waals surface area contributed by atoms with E-state index in [2.05, 4.69) is 10.2 Å². The van der Waals surface area contributed by atoms with Crippen molar-refractivity contribution in [3.05, 3.63) is 65.7 Å². The van der Waals surface area contributed by atoms with Crippen LogP contribution in [0.15, 0.2) is 59.5 Å². The SMILES string of the molecule is CCN(Cc1ccccc1)C(=O)CNC(=O)c1cccc(S(=O)(=O)N2CCN(C)CC2)c1. The Kier molecular flexibility index (Phi) is 8.00. The first-order chi connectivity index (χ1) is 15.3. The highest BCUT2D eigenvalue weighted by molar-refractivity contribution is 7.89. The van der Waals surface area contributed by atoms with Crippen molar-refractivity contribution in [3.63, 3.8) is 0 Å². The predicted molar refractivity (Wildman–Crippen MR) is 123 cm³/mol. The van der Waals surface area contributed by atoms with Crippen LogP contribution in [0.3, 0.4) is 0 Å². The monoisotopic (exact) mass is 458 g/mol. The molecule has 2 aromatic rings. The lowest BCUT2D eigenvalue weighted by Gasteiger charge is -2.31. The van der Waals surface area contributed by atoms with E-state index in [1.807, 2.05) is 44.3 Å². The smallest absolute Gasteiger partial charge is 0.251 e. The molecule has 0 radical (unpaired) electrons. The Hall–Kier alpha value is -2.75. The third kappa shape index (κ3) is 5.93. The van der Waals surface area contributed by atoms with Gasteiger partial charge in [-0.15, -0.1) is 0 Å². The van der Waals surface area contributed by atoms with E-state index in [0.717, 1.165) is 5.56 Å². The van der Waals surface area contributed by atoms with E-state index in [4.69, 9.17) is 0 Å².